The molecule has 0 saturated heterocycles. The predicted molar refractivity (Wildman–Crippen MR) is 198 cm³/mol. The van der Waals surface area contributed by atoms with Gasteiger partial charge in [0, 0.05) is 23.7 Å². The minimum Gasteiger partial charge on any atom is -0.490 e. The number of fused-ring (bicyclic) bond motifs is 1. The van der Waals surface area contributed by atoms with Crippen LogP contribution in [0.3, 0.4) is 0 Å². The van der Waals surface area contributed by atoms with Crippen molar-refractivity contribution < 1.29 is 38.4 Å². The molecule has 2 amide bonds. The molecule has 2 N–H and O–H groups in total. The third-order valence-electron chi connectivity index (χ3n) is 7.56. The van der Waals surface area contributed by atoms with Gasteiger partial charge in [0.1, 0.15) is 11.2 Å². The zero-order valence-corrected chi connectivity index (χ0v) is 31.1. The van der Waals surface area contributed by atoms with Crippen LogP contribution in [0.15, 0.2) is 72.9 Å². The number of aromatic nitrogens is 1. The topological polar surface area (TPSA) is 137 Å². The summed E-state index contributed by atoms with van der Waals surface area (Å²) < 4.78 is 23.1. The van der Waals surface area contributed by atoms with Crippen molar-refractivity contribution >= 4 is 40.4 Å². The number of nitrogens with zero attached hydrogens (tertiary/aromatic N) is 2. The van der Waals surface area contributed by atoms with Gasteiger partial charge in [0.25, 0.3) is 0 Å². The summed E-state index contributed by atoms with van der Waals surface area (Å²) in [5.74, 6) is -0.157. The first kappa shape index (κ1) is 38.5. The molecule has 1 heterocycles. The molecule has 1 aromatic heterocycles. The Morgan fingerprint density at radius 2 is 1.47 bits per heavy atom. The molecule has 3 aromatic carbocycles. The Kier molecular flexibility index (Phi) is 11.5. The van der Waals surface area contributed by atoms with E-state index in [9.17, 15) is 19.5 Å². The number of imide groups is 1. The minimum atomic E-state index is -1.67. The lowest BCUT2D eigenvalue weighted by Gasteiger charge is -2.33. The predicted octanol–water partition coefficient (Wildman–Crippen LogP) is 9.04. The third-order valence-corrected chi connectivity index (χ3v) is 7.56. The maximum absolute atomic E-state index is 13.6. The number of carboxylic acid groups (broad SMARTS) is 1. The van der Waals surface area contributed by atoms with Crippen molar-refractivity contribution in [1.82, 2.24) is 4.98 Å². The second kappa shape index (κ2) is 15.3. The van der Waals surface area contributed by atoms with Gasteiger partial charge >= 0.3 is 18.2 Å². The number of rotatable bonds is 11. The van der Waals surface area contributed by atoms with Gasteiger partial charge in [0.2, 0.25) is 0 Å². The molecular weight excluding hydrogens is 650 g/mol. The number of benzene rings is 3. The Morgan fingerprint density at radius 3 is 2.02 bits per heavy atom. The number of pyridine rings is 1. The second-order valence-corrected chi connectivity index (χ2v) is 14.6. The lowest BCUT2D eigenvalue weighted by atomic mass is 9.83. The van der Waals surface area contributed by atoms with Crippen molar-refractivity contribution in [3.8, 4) is 11.5 Å². The largest absolute Gasteiger partial charge is 0.490 e. The Morgan fingerprint density at radius 1 is 0.843 bits per heavy atom. The Balaban J connectivity index is 1.90. The van der Waals surface area contributed by atoms with Crippen LogP contribution in [0, 0.1) is 6.92 Å². The van der Waals surface area contributed by atoms with Crippen molar-refractivity contribution in [3.05, 3.63) is 89.6 Å². The van der Waals surface area contributed by atoms with E-state index in [1.54, 1.807) is 84.1 Å². The van der Waals surface area contributed by atoms with E-state index in [0.29, 0.717) is 40.1 Å². The van der Waals surface area contributed by atoms with Crippen LogP contribution in [0.4, 0.5) is 21.1 Å². The molecule has 1 atom stereocenters. The number of aliphatic carboxylic acids is 1. The third kappa shape index (κ3) is 9.48. The second-order valence-electron chi connectivity index (χ2n) is 14.6. The summed E-state index contributed by atoms with van der Waals surface area (Å²) in [5, 5.41) is 15.5. The van der Waals surface area contributed by atoms with Crippen molar-refractivity contribution in [2.75, 3.05) is 16.8 Å². The lowest BCUT2D eigenvalue weighted by molar-refractivity contribution is -0.142. The number of nitrogens with one attached hydrogen (secondary N) is 1. The summed E-state index contributed by atoms with van der Waals surface area (Å²) in [6.45, 7) is 18.0. The van der Waals surface area contributed by atoms with Crippen LogP contribution in [0.1, 0.15) is 79.0 Å². The highest BCUT2D eigenvalue weighted by molar-refractivity contribution is 6.14. The zero-order chi connectivity index (χ0) is 37.7. The van der Waals surface area contributed by atoms with Crippen molar-refractivity contribution in [3.63, 3.8) is 0 Å². The number of anilines is 2. The molecule has 11 nitrogen and oxygen atoms in total. The van der Waals surface area contributed by atoms with Gasteiger partial charge in [-0.1, -0.05) is 36.4 Å². The molecule has 0 saturated carbocycles. The molecule has 272 valence electrons. The molecular formula is C40H49N3O8. The number of hydrogen-bond acceptors (Lipinski definition) is 9. The van der Waals surface area contributed by atoms with Crippen molar-refractivity contribution in [2.45, 2.75) is 98.5 Å². The maximum atomic E-state index is 13.6. The van der Waals surface area contributed by atoms with E-state index in [2.05, 4.69) is 10.3 Å². The van der Waals surface area contributed by atoms with Gasteiger partial charge in [0.05, 0.1) is 12.7 Å². The molecule has 0 fully saturated rings. The molecule has 0 radical (unpaired) electrons. The van der Waals surface area contributed by atoms with Gasteiger partial charge < -0.3 is 29.4 Å². The van der Waals surface area contributed by atoms with Gasteiger partial charge in [-0.3, -0.25) is 0 Å². The molecule has 0 spiro atoms. The fraction of sp³-hybridized carbons (Fsp3) is 0.400. The lowest BCUT2D eigenvalue weighted by Crippen LogP contribution is -2.45. The number of carboxylic acids is 1. The van der Waals surface area contributed by atoms with Crippen LogP contribution in [-0.2, 0) is 26.2 Å². The quantitative estimate of drug-likeness (QED) is 0.156. The summed E-state index contributed by atoms with van der Waals surface area (Å²) in [7, 11) is 0. The van der Waals surface area contributed by atoms with Crippen LogP contribution < -0.4 is 19.7 Å². The SMILES string of the molecule is CCOc1cc(C(Cc2ccccc2)(Nc2ccc3c(N(C(=O)OC(C)(C)C)C(=O)OC(C)(C)C)ncc(C)c3c2)C(=O)O)ccc1OC(C)C. The number of ether oxygens (including phenoxy) is 4. The van der Waals surface area contributed by atoms with Crippen molar-refractivity contribution in [1.29, 1.82) is 0 Å². The van der Waals surface area contributed by atoms with E-state index in [1.807, 2.05) is 58.0 Å². The van der Waals surface area contributed by atoms with Gasteiger partial charge in [-0.05, 0) is 122 Å². The summed E-state index contributed by atoms with van der Waals surface area (Å²) >= 11 is 0. The number of amides is 2. The molecule has 1 unspecified atom stereocenters. The summed E-state index contributed by atoms with van der Waals surface area (Å²) in [6.07, 6.45) is -0.385. The summed E-state index contributed by atoms with van der Waals surface area (Å²) in [4.78, 5) is 45.8. The zero-order valence-electron chi connectivity index (χ0n) is 31.1. The van der Waals surface area contributed by atoms with E-state index in [1.165, 1.54) is 0 Å². The fourth-order valence-corrected chi connectivity index (χ4v) is 5.49. The average Bonchev–Trinajstić information content (AvgIpc) is 3.01. The van der Waals surface area contributed by atoms with E-state index in [0.717, 1.165) is 16.0 Å². The maximum Gasteiger partial charge on any atom is 0.425 e. The Labute approximate surface area is 299 Å². The van der Waals surface area contributed by atoms with Gasteiger partial charge in [0.15, 0.2) is 22.9 Å². The normalized spacial score (nSPS) is 12.9. The number of aryl methyl sites for hydroxylation is 1. The standard InChI is InChI=1S/C40H49N3O8/c1-11-48-33-21-28(17-20-32(33)49-25(2)3)40(35(44)45,23-27-15-13-12-14-16-27)42-29-18-19-30-31(22-29)26(4)24-41-34(30)43(36(46)50-38(5,6)7)37(47)51-39(8,9)10/h12-22,24-25,42H,11,23H2,1-10H3,(H,44,45). The minimum absolute atomic E-state index is 0.0153. The van der Waals surface area contributed by atoms with Crippen LogP contribution in [0.2, 0.25) is 0 Å². The van der Waals surface area contributed by atoms with E-state index >= 15 is 0 Å². The van der Waals surface area contributed by atoms with Gasteiger partial charge in [-0.25, -0.2) is 19.4 Å². The molecule has 11 heteroatoms. The van der Waals surface area contributed by atoms with E-state index in [-0.39, 0.29) is 18.3 Å². The van der Waals surface area contributed by atoms with Crippen LogP contribution in [0.25, 0.3) is 10.8 Å². The number of carbonyl (C=O) groups is 3. The first-order valence-electron chi connectivity index (χ1n) is 17.0. The smallest absolute Gasteiger partial charge is 0.425 e. The van der Waals surface area contributed by atoms with E-state index < -0.39 is 34.9 Å². The average molecular weight is 700 g/mol. The van der Waals surface area contributed by atoms with Crippen LogP contribution in [0.5, 0.6) is 11.5 Å². The highest BCUT2D eigenvalue weighted by Gasteiger charge is 2.42. The summed E-state index contributed by atoms with van der Waals surface area (Å²) in [5.41, 5.74) is -1.04. The highest BCUT2D eigenvalue weighted by Crippen LogP contribution is 2.39. The first-order valence-corrected chi connectivity index (χ1v) is 17.0. The first-order chi connectivity index (χ1) is 23.8. The molecule has 51 heavy (non-hydrogen) atoms. The highest BCUT2D eigenvalue weighted by atomic mass is 16.6. The summed E-state index contributed by atoms with van der Waals surface area (Å²) in [6, 6.07) is 19.7. The molecule has 4 aromatic rings. The number of hydrogen-bond donors (Lipinski definition) is 2. The van der Waals surface area contributed by atoms with E-state index in [4.69, 9.17) is 18.9 Å². The van der Waals surface area contributed by atoms with Gasteiger partial charge in [-0.15, -0.1) is 0 Å². The molecule has 0 bridgehead atoms. The molecule has 4 rings (SSSR count). The van der Waals surface area contributed by atoms with Crippen LogP contribution >= 0.6 is 0 Å². The molecule has 0 aliphatic heterocycles. The number of carbonyl (C=O) groups excluding carboxylic acids is 2. The van der Waals surface area contributed by atoms with Crippen LogP contribution in [-0.4, -0.2) is 52.2 Å². The molecule has 0 aliphatic carbocycles. The monoisotopic (exact) mass is 699 g/mol. The Hall–Kier alpha value is -5.32. The molecule has 0 aliphatic rings. The van der Waals surface area contributed by atoms with Crippen molar-refractivity contribution in [2.24, 2.45) is 0 Å². The fourth-order valence-electron chi connectivity index (χ4n) is 5.49. The van der Waals surface area contributed by atoms with Gasteiger partial charge in [-0.2, -0.15) is 4.90 Å². The Bertz CT molecular complexity index is 1850.